The number of hydrogen-bond donors (Lipinski definition) is 2. The Morgan fingerprint density at radius 2 is 2.06 bits per heavy atom. The monoisotopic (exact) mass is 243 g/mol. The van der Waals surface area contributed by atoms with Crippen molar-refractivity contribution in [3.05, 3.63) is 18.2 Å². The molecule has 90 valence electrons. The van der Waals surface area contributed by atoms with Gasteiger partial charge in [0.1, 0.15) is 0 Å². The summed E-state index contributed by atoms with van der Waals surface area (Å²) >= 11 is 1.44. The van der Waals surface area contributed by atoms with Crippen molar-refractivity contribution in [1.29, 1.82) is 0 Å². The van der Waals surface area contributed by atoms with Crippen molar-refractivity contribution in [1.82, 2.24) is 0 Å². The summed E-state index contributed by atoms with van der Waals surface area (Å²) in [6.45, 7) is 1.69. The lowest BCUT2D eigenvalue weighted by Crippen LogP contribution is -2.25. The standard InChI is InChI=1S/C11H17NO3S/c1-7(13)11(16-3)15-9-5-4-8(12)6-10(9)14-2/h4-7,11,13H,12H2,1-3H3. The highest BCUT2D eigenvalue weighted by Gasteiger charge is 2.17. The van der Waals surface area contributed by atoms with Gasteiger partial charge in [-0.3, -0.25) is 0 Å². The maximum Gasteiger partial charge on any atom is 0.170 e. The number of rotatable bonds is 5. The van der Waals surface area contributed by atoms with E-state index in [4.69, 9.17) is 15.2 Å². The lowest BCUT2D eigenvalue weighted by molar-refractivity contribution is 0.0998. The minimum Gasteiger partial charge on any atom is -0.493 e. The smallest absolute Gasteiger partial charge is 0.170 e. The molecular weight excluding hydrogens is 226 g/mol. The van der Waals surface area contributed by atoms with Crippen molar-refractivity contribution in [2.24, 2.45) is 0 Å². The molecule has 0 aliphatic heterocycles. The molecule has 0 spiro atoms. The molecule has 16 heavy (non-hydrogen) atoms. The van der Waals surface area contributed by atoms with E-state index in [1.54, 1.807) is 32.2 Å². The summed E-state index contributed by atoms with van der Waals surface area (Å²) in [5.74, 6) is 1.15. The van der Waals surface area contributed by atoms with Crippen LogP contribution in [0, 0.1) is 0 Å². The second-order valence-corrected chi connectivity index (χ2v) is 4.31. The summed E-state index contributed by atoms with van der Waals surface area (Å²) in [6.07, 6.45) is 1.32. The van der Waals surface area contributed by atoms with E-state index in [1.807, 2.05) is 6.26 Å². The molecule has 0 aliphatic rings. The molecule has 5 heteroatoms. The van der Waals surface area contributed by atoms with Crippen LogP contribution in [0.25, 0.3) is 0 Å². The quantitative estimate of drug-likeness (QED) is 0.609. The molecule has 0 fully saturated rings. The summed E-state index contributed by atoms with van der Waals surface area (Å²) in [6, 6.07) is 5.16. The highest BCUT2D eigenvalue weighted by Crippen LogP contribution is 2.31. The number of anilines is 1. The van der Waals surface area contributed by atoms with Gasteiger partial charge in [0.15, 0.2) is 16.9 Å². The first kappa shape index (κ1) is 13.0. The van der Waals surface area contributed by atoms with Crippen LogP contribution in [-0.4, -0.2) is 30.0 Å². The minimum atomic E-state index is -0.558. The first-order chi connectivity index (χ1) is 7.58. The lowest BCUT2D eigenvalue weighted by atomic mass is 10.3. The fourth-order valence-corrected chi connectivity index (χ4v) is 1.84. The third-order valence-corrected chi connectivity index (χ3v) is 3.01. The van der Waals surface area contributed by atoms with Gasteiger partial charge in [0, 0.05) is 11.8 Å². The van der Waals surface area contributed by atoms with Gasteiger partial charge in [0.25, 0.3) is 0 Å². The first-order valence-electron chi connectivity index (χ1n) is 4.89. The Kier molecular flexibility index (Phi) is 4.76. The summed E-state index contributed by atoms with van der Waals surface area (Å²) in [5.41, 5.74) is 5.93. The molecule has 4 nitrogen and oxygen atoms in total. The summed E-state index contributed by atoms with van der Waals surface area (Å²) in [7, 11) is 1.55. The van der Waals surface area contributed by atoms with Gasteiger partial charge in [-0.25, -0.2) is 0 Å². The van der Waals surface area contributed by atoms with Crippen molar-refractivity contribution in [2.45, 2.75) is 18.5 Å². The molecule has 2 unspecified atom stereocenters. The average molecular weight is 243 g/mol. The Bertz CT molecular complexity index is 344. The summed E-state index contributed by atoms with van der Waals surface area (Å²) in [4.78, 5) is 0. The molecular formula is C11H17NO3S. The summed E-state index contributed by atoms with van der Waals surface area (Å²) < 4.78 is 10.8. The van der Waals surface area contributed by atoms with Gasteiger partial charge in [0.05, 0.1) is 13.2 Å². The fourth-order valence-electron chi connectivity index (χ4n) is 1.25. The van der Waals surface area contributed by atoms with Crippen LogP contribution in [-0.2, 0) is 0 Å². The molecule has 1 aromatic rings. The normalized spacial score (nSPS) is 14.2. The van der Waals surface area contributed by atoms with Gasteiger partial charge in [-0.05, 0) is 25.3 Å². The molecule has 0 amide bonds. The van der Waals surface area contributed by atoms with Gasteiger partial charge >= 0.3 is 0 Å². The van der Waals surface area contributed by atoms with Crippen LogP contribution in [0.15, 0.2) is 18.2 Å². The second-order valence-electron chi connectivity index (χ2n) is 3.37. The Morgan fingerprint density at radius 1 is 1.38 bits per heavy atom. The Balaban J connectivity index is 2.87. The number of nitrogen functional groups attached to an aromatic ring is 1. The largest absolute Gasteiger partial charge is 0.493 e. The van der Waals surface area contributed by atoms with Crippen molar-refractivity contribution in [3.8, 4) is 11.5 Å². The maximum absolute atomic E-state index is 9.48. The van der Waals surface area contributed by atoms with Crippen LogP contribution in [0.4, 0.5) is 5.69 Å². The number of ether oxygens (including phenoxy) is 2. The van der Waals surface area contributed by atoms with E-state index in [0.29, 0.717) is 17.2 Å². The zero-order valence-electron chi connectivity index (χ0n) is 9.64. The van der Waals surface area contributed by atoms with E-state index in [9.17, 15) is 5.11 Å². The predicted octanol–water partition coefficient (Wildman–Crippen LogP) is 1.73. The van der Waals surface area contributed by atoms with Crippen LogP contribution >= 0.6 is 11.8 Å². The van der Waals surface area contributed by atoms with Crippen LogP contribution in [0.3, 0.4) is 0 Å². The third-order valence-electron chi connectivity index (χ3n) is 2.06. The molecule has 2 atom stereocenters. The maximum atomic E-state index is 9.48. The molecule has 0 radical (unpaired) electrons. The molecule has 0 aromatic heterocycles. The van der Waals surface area contributed by atoms with Crippen LogP contribution < -0.4 is 15.2 Å². The van der Waals surface area contributed by atoms with E-state index in [-0.39, 0.29) is 5.44 Å². The number of thioether (sulfide) groups is 1. The number of methoxy groups -OCH3 is 1. The molecule has 0 aliphatic carbocycles. The second kappa shape index (κ2) is 5.86. The number of benzene rings is 1. The molecule has 1 aromatic carbocycles. The SMILES string of the molecule is COc1cc(N)ccc1OC(SC)C(C)O. The van der Waals surface area contributed by atoms with Gasteiger partial charge in [-0.1, -0.05) is 0 Å². The lowest BCUT2D eigenvalue weighted by Gasteiger charge is -2.20. The highest BCUT2D eigenvalue weighted by molar-refractivity contribution is 7.99. The highest BCUT2D eigenvalue weighted by atomic mass is 32.2. The fraction of sp³-hybridized carbons (Fsp3) is 0.455. The minimum absolute atomic E-state index is 0.322. The zero-order valence-corrected chi connectivity index (χ0v) is 10.5. The topological polar surface area (TPSA) is 64.7 Å². The van der Waals surface area contributed by atoms with Gasteiger partial charge in [-0.15, -0.1) is 11.8 Å². The van der Waals surface area contributed by atoms with Gasteiger partial charge < -0.3 is 20.3 Å². The number of aliphatic hydroxyl groups excluding tert-OH is 1. The summed E-state index contributed by atoms with van der Waals surface area (Å²) in [5, 5.41) is 9.48. The van der Waals surface area contributed by atoms with Crippen molar-refractivity contribution in [3.63, 3.8) is 0 Å². The Hall–Kier alpha value is -1.07. The first-order valence-corrected chi connectivity index (χ1v) is 6.18. The molecule has 3 N–H and O–H groups in total. The van der Waals surface area contributed by atoms with E-state index >= 15 is 0 Å². The predicted molar refractivity (Wildman–Crippen MR) is 67.0 cm³/mol. The molecule has 0 bridgehead atoms. The van der Waals surface area contributed by atoms with E-state index in [2.05, 4.69) is 0 Å². The van der Waals surface area contributed by atoms with Crippen molar-refractivity contribution in [2.75, 3.05) is 19.1 Å². The Labute approximate surface area is 99.7 Å². The molecule has 0 heterocycles. The number of hydrogen-bond acceptors (Lipinski definition) is 5. The third kappa shape index (κ3) is 3.21. The molecule has 0 saturated carbocycles. The Morgan fingerprint density at radius 3 is 2.56 bits per heavy atom. The van der Waals surface area contributed by atoms with Crippen LogP contribution in [0.5, 0.6) is 11.5 Å². The average Bonchev–Trinajstić information content (AvgIpc) is 2.26. The van der Waals surface area contributed by atoms with E-state index in [0.717, 1.165) is 0 Å². The van der Waals surface area contributed by atoms with Crippen LogP contribution in [0.2, 0.25) is 0 Å². The van der Waals surface area contributed by atoms with E-state index in [1.165, 1.54) is 11.8 Å². The molecule has 1 rings (SSSR count). The van der Waals surface area contributed by atoms with Gasteiger partial charge in [0.2, 0.25) is 0 Å². The van der Waals surface area contributed by atoms with Crippen molar-refractivity contribution < 1.29 is 14.6 Å². The molecule has 0 saturated heterocycles. The zero-order chi connectivity index (χ0) is 12.1. The van der Waals surface area contributed by atoms with Gasteiger partial charge in [-0.2, -0.15) is 0 Å². The van der Waals surface area contributed by atoms with E-state index < -0.39 is 6.10 Å². The van der Waals surface area contributed by atoms with Crippen molar-refractivity contribution >= 4 is 17.4 Å². The number of aliphatic hydroxyl groups is 1. The number of nitrogens with two attached hydrogens (primary N) is 1. The van der Waals surface area contributed by atoms with Crippen LogP contribution in [0.1, 0.15) is 6.92 Å².